The van der Waals surface area contributed by atoms with Gasteiger partial charge in [0.2, 0.25) is 5.91 Å². The number of benzene rings is 2. The summed E-state index contributed by atoms with van der Waals surface area (Å²) in [5.74, 6) is -6.11. The van der Waals surface area contributed by atoms with Gasteiger partial charge in [-0.15, -0.1) is 0 Å². The van der Waals surface area contributed by atoms with Crippen LogP contribution in [-0.4, -0.2) is 92.6 Å². The van der Waals surface area contributed by atoms with Crippen molar-refractivity contribution in [2.75, 3.05) is 19.6 Å². The number of carbonyl (C=O) groups is 5. The number of phenolic OH excluding ortho intramolecular Hbond substituents is 2. The average Bonchev–Trinajstić information content (AvgIpc) is 2.92. The van der Waals surface area contributed by atoms with E-state index in [1.807, 2.05) is 0 Å². The smallest absolute Gasteiger partial charge is 0.534 e. The van der Waals surface area contributed by atoms with Gasteiger partial charge in [0.05, 0.1) is 29.0 Å². The zero-order valence-corrected chi connectivity index (χ0v) is 22.4. The first-order valence-electron chi connectivity index (χ1n) is 12.5. The van der Waals surface area contributed by atoms with Crippen molar-refractivity contribution in [3.63, 3.8) is 0 Å². The monoisotopic (exact) mass is 588 g/mol. The number of aromatic hydroxyl groups is 2. The SMILES string of the molecule is CCN1CCN(C(=O)NC(CC(=O)N[C@H]2Cc3cccc(C(=O)O)c3OB2O)c2cc(O)c(O)c(Cl)c2)C(=O)C1=O. The minimum atomic E-state index is -1.59. The summed E-state index contributed by atoms with van der Waals surface area (Å²) >= 11 is 5.99. The van der Waals surface area contributed by atoms with Crippen LogP contribution in [0.15, 0.2) is 30.3 Å². The highest BCUT2D eigenvalue weighted by molar-refractivity contribution is 6.47. The fraction of sp³-hybridized carbons (Fsp3) is 0.320. The minimum Gasteiger partial charge on any atom is -0.534 e. The quantitative estimate of drug-likeness (QED) is 0.149. The van der Waals surface area contributed by atoms with E-state index in [2.05, 4.69) is 10.6 Å². The normalized spacial score (nSPS) is 17.4. The molecule has 16 heteroatoms. The van der Waals surface area contributed by atoms with E-state index in [1.54, 1.807) is 13.0 Å². The summed E-state index contributed by atoms with van der Waals surface area (Å²) in [6.07, 6.45) is -0.459. The Kier molecular flexibility index (Phi) is 8.59. The molecule has 0 radical (unpaired) electrons. The van der Waals surface area contributed by atoms with Crippen molar-refractivity contribution in [2.24, 2.45) is 0 Å². The molecule has 0 saturated carbocycles. The molecule has 1 unspecified atom stereocenters. The molecule has 2 heterocycles. The van der Waals surface area contributed by atoms with Crippen molar-refractivity contribution < 1.29 is 49.0 Å². The Morgan fingerprint density at radius 3 is 2.56 bits per heavy atom. The largest absolute Gasteiger partial charge is 0.547 e. The van der Waals surface area contributed by atoms with Crippen LogP contribution in [0.2, 0.25) is 5.02 Å². The van der Waals surface area contributed by atoms with E-state index in [0.29, 0.717) is 10.5 Å². The number of carboxylic acid groups (broad SMARTS) is 1. The Labute approximate surface area is 238 Å². The van der Waals surface area contributed by atoms with Crippen LogP contribution in [-0.2, 0) is 20.8 Å². The third kappa shape index (κ3) is 6.15. The van der Waals surface area contributed by atoms with Crippen LogP contribution in [0, 0.1) is 0 Å². The Morgan fingerprint density at radius 2 is 1.90 bits per heavy atom. The summed E-state index contributed by atoms with van der Waals surface area (Å²) in [5, 5.41) is 44.6. The number of nitrogens with one attached hydrogen (secondary N) is 2. The van der Waals surface area contributed by atoms with Crippen molar-refractivity contribution in [2.45, 2.75) is 31.7 Å². The summed E-state index contributed by atoms with van der Waals surface area (Å²) < 4.78 is 5.39. The van der Waals surface area contributed by atoms with E-state index in [9.17, 15) is 44.3 Å². The highest BCUT2D eigenvalue weighted by Crippen LogP contribution is 2.37. The fourth-order valence-corrected chi connectivity index (χ4v) is 4.85. The lowest BCUT2D eigenvalue weighted by Gasteiger charge is -2.33. The molecule has 4 rings (SSSR count). The van der Waals surface area contributed by atoms with Crippen molar-refractivity contribution >= 4 is 48.4 Å². The van der Waals surface area contributed by atoms with Gasteiger partial charge in [0, 0.05) is 19.6 Å². The van der Waals surface area contributed by atoms with E-state index >= 15 is 0 Å². The van der Waals surface area contributed by atoms with Crippen molar-refractivity contribution in [3.8, 4) is 17.2 Å². The van der Waals surface area contributed by atoms with Crippen LogP contribution in [0.1, 0.15) is 40.9 Å². The highest BCUT2D eigenvalue weighted by Gasteiger charge is 2.39. The van der Waals surface area contributed by atoms with E-state index in [0.717, 1.165) is 6.07 Å². The third-order valence-electron chi connectivity index (χ3n) is 6.79. The molecule has 0 aromatic heterocycles. The second-order valence-electron chi connectivity index (χ2n) is 9.40. The molecule has 0 spiro atoms. The molecule has 2 aromatic rings. The minimum absolute atomic E-state index is 0.0141. The molecular formula is C25H26BClN4O10. The van der Waals surface area contributed by atoms with Gasteiger partial charge in [-0.1, -0.05) is 23.7 Å². The summed E-state index contributed by atoms with van der Waals surface area (Å²) in [6.45, 7) is 2.01. The zero-order valence-electron chi connectivity index (χ0n) is 21.7. The highest BCUT2D eigenvalue weighted by atomic mass is 35.5. The first kappa shape index (κ1) is 29.5. The molecule has 216 valence electrons. The predicted molar refractivity (Wildman–Crippen MR) is 142 cm³/mol. The van der Waals surface area contributed by atoms with Crippen molar-refractivity contribution in [3.05, 3.63) is 52.0 Å². The molecule has 41 heavy (non-hydrogen) atoms. The second-order valence-corrected chi connectivity index (χ2v) is 9.81. The number of amides is 5. The maximum Gasteiger partial charge on any atom is 0.547 e. The second kappa shape index (κ2) is 11.9. The number of nitrogens with zero attached hydrogens (tertiary/aromatic N) is 2. The lowest BCUT2D eigenvalue weighted by atomic mass is 9.72. The first-order valence-corrected chi connectivity index (χ1v) is 12.9. The van der Waals surface area contributed by atoms with Crippen molar-refractivity contribution in [1.82, 2.24) is 20.4 Å². The summed E-state index contributed by atoms with van der Waals surface area (Å²) in [5.41, 5.74) is 0.387. The standard InChI is InChI=1S/C25H26BClN4O10/c1-2-30-6-7-31(23(36)22(30)35)25(39)28-16(13-8-15(27)20(34)17(32)9-13)11-19(33)29-18-10-12-4-3-5-14(24(37)38)21(12)41-26(18)40/h3-5,8-9,16,18,32,34,40H,2,6-7,10-11H2,1H3,(H,28,39)(H,29,33)(H,37,38)/t16?,18-/m0/s1. The molecule has 2 aromatic carbocycles. The number of rotatable bonds is 7. The number of para-hydroxylation sites is 1. The molecular weight excluding hydrogens is 563 g/mol. The first-order chi connectivity index (χ1) is 19.4. The number of piperazine rings is 1. The van der Waals surface area contributed by atoms with Crippen LogP contribution >= 0.6 is 11.6 Å². The Hall–Kier alpha value is -4.50. The number of phenols is 2. The Bertz CT molecular complexity index is 1400. The number of hydrogen-bond acceptors (Lipinski definition) is 9. The van der Waals surface area contributed by atoms with Gasteiger partial charge in [-0.3, -0.25) is 19.3 Å². The number of fused-ring (bicyclic) bond motifs is 1. The number of aromatic carboxylic acids is 1. The van der Waals surface area contributed by atoms with E-state index in [-0.39, 0.29) is 48.0 Å². The van der Waals surface area contributed by atoms with Gasteiger partial charge in [-0.25, -0.2) is 9.59 Å². The molecule has 2 aliphatic rings. The number of imide groups is 1. The fourth-order valence-electron chi connectivity index (χ4n) is 4.62. The molecule has 5 amide bonds. The Morgan fingerprint density at radius 1 is 1.17 bits per heavy atom. The number of urea groups is 1. The van der Waals surface area contributed by atoms with Gasteiger partial charge in [0.15, 0.2) is 11.5 Å². The molecule has 1 saturated heterocycles. The van der Waals surface area contributed by atoms with E-state index in [4.69, 9.17) is 16.3 Å². The summed E-state index contributed by atoms with van der Waals surface area (Å²) in [7, 11) is -1.59. The van der Waals surface area contributed by atoms with Crippen LogP contribution in [0.4, 0.5) is 4.79 Å². The van der Waals surface area contributed by atoms with Gasteiger partial charge in [-0.2, -0.15) is 0 Å². The third-order valence-corrected chi connectivity index (χ3v) is 7.08. The summed E-state index contributed by atoms with van der Waals surface area (Å²) in [4.78, 5) is 64.4. The van der Waals surface area contributed by atoms with E-state index < -0.39 is 66.7 Å². The lowest BCUT2D eigenvalue weighted by Crippen LogP contribution is -2.58. The van der Waals surface area contributed by atoms with Crippen molar-refractivity contribution in [1.29, 1.82) is 0 Å². The number of hydrogen-bond donors (Lipinski definition) is 6. The van der Waals surface area contributed by atoms with Crippen LogP contribution in [0.3, 0.4) is 0 Å². The number of halogens is 1. The molecule has 1 fully saturated rings. The number of carboxylic acids is 1. The average molecular weight is 589 g/mol. The molecule has 2 atom stereocenters. The predicted octanol–water partition coefficient (Wildman–Crippen LogP) is 0.421. The van der Waals surface area contributed by atoms with Crippen LogP contribution in [0.5, 0.6) is 17.2 Å². The molecule has 0 aliphatic carbocycles. The van der Waals surface area contributed by atoms with Gasteiger partial charge in [0.1, 0.15) is 5.75 Å². The molecule has 6 N–H and O–H groups in total. The van der Waals surface area contributed by atoms with Crippen LogP contribution in [0.25, 0.3) is 0 Å². The molecule has 14 nitrogen and oxygen atoms in total. The molecule has 0 bridgehead atoms. The lowest BCUT2D eigenvalue weighted by molar-refractivity contribution is -0.153. The Balaban J connectivity index is 1.53. The topological polar surface area (TPSA) is 206 Å². The van der Waals surface area contributed by atoms with Gasteiger partial charge in [-0.05, 0) is 42.7 Å². The maximum atomic E-state index is 13.1. The van der Waals surface area contributed by atoms with Gasteiger partial charge < -0.3 is 40.5 Å². The zero-order chi connectivity index (χ0) is 30.0. The van der Waals surface area contributed by atoms with Gasteiger partial charge >= 0.3 is 30.9 Å². The maximum absolute atomic E-state index is 13.1. The number of likely N-dealkylation sites (N-methyl/N-ethyl adjacent to an activating group) is 1. The van der Waals surface area contributed by atoms with Crippen LogP contribution < -0.4 is 15.3 Å². The van der Waals surface area contributed by atoms with Gasteiger partial charge in [0.25, 0.3) is 0 Å². The van der Waals surface area contributed by atoms with E-state index in [1.165, 1.54) is 23.1 Å². The molecule has 2 aliphatic heterocycles. The summed E-state index contributed by atoms with van der Waals surface area (Å²) in [6, 6.07) is 4.50. The number of carbonyl (C=O) groups excluding carboxylic acids is 4.